The molecule has 0 aromatic carbocycles. The van der Waals surface area contributed by atoms with Gasteiger partial charge in [0.25, 0.3) is 5.91 Å². The zero-order chi connectivity index (χ0) is 19.6. The molecule has 0 spiro atoms. The minimum absolute atomic E-state index is 0.141. The highest BCUT2D eigenvalue weighted by atomic mass is 32.1. The van der Waals surface area contributed by atoms with Crippen molar-refractivity contribution in [2.24, 2.45) is 0 Å². The first kappa shape index (κ1) is 18.6. The Hall–Kier alpha value is -2.74. The average molecular weight is 397 g/mol. The Balaban J connectivity index is 1.48. The highest BCUT2D eigenvalue weighted by molar-refractivity contribution is 7.11. The zero-order valence-electron chi connectivity index (χ0n) is 15.5. The molecule has 0 bridgehead atoms. The molecule has 1 saturated heterocycles. The number of carbonyl (C=O) groups is 1. The molecule has 28 heavy (non-hydrogen) atoms. The summed E-state index contributed by atoms with van der Waals surface area (Å²) in [4.78, 5) is 32.4. The lowest BCUT2D eigenvalue weighted by atomic mass is 9.89. The summed E-state index contributed by atoms with van der Waals surface area (Å²) in [6.07, 6.45) is 7.43. The van der Waals surface area contributed by atoms with Gasteiger partial charge in [-0.05, 0) is 38.0 Å². The van der Waals surface area contributed by atoms with Gasteiger partial charge in [0.2, 0.25) is 0 Å². The number of pyridine rings is 1. The van der Waals surface area contributed by atoms with Gasteiger partial charge in [0, 0.05) is 43.0 Å². The summed E-state index contributed by atoms with van der Waals surface area (Å²) in [5.41, 5.74) is 0.300. The number of carbonyl (C=O) groups excluding carboxylic acids is 1. The molecule has 8 heteroatoms. The van der Waals surface area contributed by atoms with Crippen molar-refractivity contribution in [3.63, 3.8) is 0 Å². The van der Waals surface area contributed by atoms with Crippen molar-refractivity contribution in [1.29, 1.82) is 0 Å². The Morgan fingerprint density at radius 3 is 2.71 bits per heavy atom. The summed E-state index contributed by atoms with van der Waals surface area (Å²) >= 11 is 1.53. The van der Waals surface area contributed by atoms with Crippen molar-refractivity contribution < 1.29 is 9.18 Å². The smallest absolute Gasteiger partial charge is 0.256 e. The molecule has 4 heterocycles. The molecule has 0 saturated carbocycles. The van der Waals surface area contributed by atoms with Crippen LogP contribution in [0.3, 0.4) is 0 Å². The number of rotatable bonds is 4. The van der Waals surface area contributed by atoms with Crippen molar-refractivity contribution in [3.8, 4) is 11.4 Å². The van der Waals surface area contributed by atoms with Crippen LogP contribution < -0.4 is 0 Å². The summed E-state index contributed by atoms with van der Waals surface area (Å²) in [5, 5.41) is 0.944. The first-order chi connectivity index (χ1) is 13.5. The first-order valence-electron chi connectivity index (χ1n) is 9.15. The van der Waals surface area contributed by atoms with Gasteiger partial charge in [0.05, 0.1) is 16.3 Å². The van der Waals surface area contributed by atoms with E-state index in [-0.39, 0.29) is 5.91 Å². The fourth-order valence-corrected chi connectivity index (χ4v) is 4.39. The van der Waals surface area contributed by atoms with Crippen LogP contribution in [0.25, 0.3) is 11.4 Å². The molecular weight excluding hydrogens is 377 g/mol. The molecule has 0 aliphatic carbocycles. The number of amides is 1. The van der Waals surface area contributed by atoms with E-state index < -0.39 is 5.67 Å². The van der Waals surface area contributed by atoms with Crippen LogP contribution in [-0.2, 0) is 6.42 Å². The van der Waals surface area contributed by atoms with Gasteiger partial charge in [-0.1, -0.05) is 0 Å². The lowest BCUT2D eigenvalue weighted by Crippen LogP contribution is -2.45. The highest BCUT2D eigenvalue weighted by Gasteiger charge is 2.37. The lowest BCUT2D eigenvalue weighted by Gasteiger charge is -2.36. The van der Waals surface area contributed by atoms with Gasteiger partial charge in [-0.3, -0.25) is 9.78 Å². The molecule has 1 aliphatic rings. The molecule has 3 aromatic rings. The van der Waals surface area contributed by atoms with Gasteiger partial charge >= 0.3 is 0 Å². The Kier molecular flexibility index (Phi) is 5.13. The normalized spacial score (nSPS) is 16.1. The molecule has 0 N–H and O–H groups in total. The number of hydrogen-bond donors (Lipinski definition) is 0. The van der Waals surface area contributed by atoms with Gasteiger partial charge in [0.15, 0.2) is 0 Å². The van der Waals surface area contributed by atoms with Gasteiger partial charge < -0.3 is 4.90 Å². The van der Waals surface area contributed by atoms with E-state index in [4.69, 9.17) is 0 Å². The van der Waals surface area contributed by atoms with Crippen LogP contribution in [0.2, 0.25) is 0 Å². The predicted octanol–water partition coefficient (Wildman–Crippen LogP) is 3.49. The molecule has 1 amide bonds. The Bertz CT molecular complexity index is 969. The van der Waals surface area contributed by atoms with Gasteiger partial charge in [-0.15, -0.1) is 11.3 Å². The third kappa shape index (κ3) is 3.91. The monoisotopic (exact) mass is 397 g/mol. The largest absolute Gasteiger partial charge is 0.338 e. The number of nitrogens with zero attached hydrogens (tertiary/aromatic N) is 5. The molecule has 3 aromatic heterocycles. The van der Waals surface area contributed by atoms with Crippen LogP contribution in [0.5, 0.6) is 0 Å². The summed E-state index contributed by atoms with van der Waals surface area (Å²) in [6, 6.07) is 5.19. The molecule has 0 atom stereocenters. The number of hydrogen-bond acceptors (Lipinski definition) is 6. The van der Waals surface area contributed by atoms with E-state index in [1.54, 1.807) is 41.7 Å². The quantitative estimate of drug-likeness (QED) is 0.674. The summed E-state index contributed by atoms with van der Waals surface area (Å²) in [6.45, 7) is 2.68. The van der Waals surface area contributed by atoms with Crippen LogP contribution in [-0.4, -0.2) is 49.5 Å². The number of likely N-dealkylation sites (tertiary alicyclic amines) is 1. The Labute approximate surface area is 166 Å². The topological polar surface area (TPSA) is 71.9 Å². The fraction of sp³-hybridized carbons (Fsp3) is 0.350. The van der Waals surface area contributed by atoms with Crippen LogP contribution in [0.15, 0.2) is 43.1 Å². The first-order valence-corrected chi connectivity index (χ1v) is 9.97. The lowest BCUT2D eigenvalue weighted by molar-refractivity contribution is 0.0440. The number of alkyl halides is 1. The van der Waals surface area contributed by atoms with Crippen molar-refractivity contribution in [1.82, 2.24) is 24.8 Å². The van der Waals surface area contributed by atoms with Crippen LogP contribution in [0.1, 0.15) is 33.1 Å². The molecule has 0 radical (unpaired) electrons. The molecule has 6 nitrogen and oxygen atoms in total. The second-order valence-electron chi connectivity index (χ2n) is 6.96. The van der Waals surface area contributed by atoms with Crippen LogP contribution >= 0.6 is 11.3 Å². The third-order valence-corrected chi connectivity index (χ3v) is 5.88. The van der Waals surface area contributed by atoms with Crippen LogP contribution in [0.4, 0.5) is 4.39 Å². The molecule has 0 unspecified atom stereocenters. The highest BCUT2D eigenvalue weighted by Crippen LogP contribution is 2.33. The minimum Gasteiger partial charge on any atom is -0.338 e. The van der Waals surface area contributed by atoms with Crippen molar-refractivity contribution >= 4 is 17.2 Å². The standard InChI is InChI=1S/C20H20FN5OS/c1-14-24-12-15(28-14)11-20(21)5-9-26(10-6-20)19(27)16-3-2-7-23-18(16)17-4-8-22-13-25-17/h2-4,7-8,12-13H,5-6,9-11H2,1H3. The van der Waals surface area contributed by atoms with E-state index in [1.165, 1.54) is 17.7 Å². The summed E-state index contributed by atoms with van der Waals surface area (Å²) in [7, 11) is 0. The zero-order valence-corrected chi connectivity index (χ0v) is 16.3. The third-order valence-electron chi connectivity index (χ3n) is 4.97. The van der Waals surface area contributed by atoms with Crippen molar-refractivity contribution in [2.75, 3.05) is 13.1 Å². The molecule has 1 fully saturated rings. The van der Waals surface area contributed by atoms with Crippen LogP contribution in [0, 0.1) is 6.92 Å². The van der Waals surface area contributed by atoms with Crippen molar-refractivity contribution in [3.05, 3.63) is 58.6 Å². The molecular formula is C20H20FN5OS. The number of piperidine rings is 1. The fourth-order valence-electron chi connectivity index (χ4n) is 3.47. The predicted molar refractivity (Wildman–Crippen MR) is 105 cm³/mol. The molecule has 4 rings (SSSR count). The van der Waals surface area contributed by atoms with E-state index in [0.717, 1.165) is 9.88 Å². The average Bonchev–Trinajstić information content (AvgIpc) is 3.12. The maximum Gasteiger partial charge on any atom is 0.256 e. The minimum atomic E-state index is -1.29. The van der Waals surface area contributed by atoms with E-state index in [1.807, 2.05) is 6.92 Å². The van der Waals surface area contributed by atoms with E-state index in [0.29, 0.717) is 49.3 Å². The van der Waals surface area contributed by atoms with E-state index in [2.05, 4.69) is 19.9 Å². The maximum atomic E-state index is 15.3. The van der Waals surface area contributed by atoms with Gasteiger partial charge in [0.1, 0.15) is 17.7 Å². The van der Waals surface area contributed by atoms with E-state index in [9.17, 15) is 4.79 Å². The number of aromatic nitrogens is 4. The van der Waals surface area contributed by atoms with Gasteiger partial charge in [-0.25, -0.2) is 19.3 Å². The number of thiazole rings is 1. The van der Waals surface area contributed by atoms with Crippen molar-refractivity contribution in [2.45, 2.75) is 31.9 Å². The Morgan fingerprint density at radius 1 is 1.21 bits per heavy atom. The second-order valence-corrected chi connectivity index (χ2v) is 8.28. The van der Waals surface area contributed by atoms with E-state index >= 15 is 4.39 Å². The maximum absolute atomic E-state index is 15.3. The molecule has 144 valence electrons. The summed E-state index contributed by atoms with van der Waals surface area (Å²) < 4.78 is 15.3. The molecule has 1 aliphatic heterocycles. The second kappa shape index (κ2) is 7.71. The Morgan fingerprint density at radius 2 is 2.04 bits per heavy atom. The van der Waals surface area contributed by atoms with Gasteiger partial charge in [-0.2, -0.15) is 0 Å². The number of halogens is 1. The SMILES string of the molecule is Cc1ncc(CC2(F)CCN(C(=O)c3cccnc3-c3ccncn3)CC2)s1. The number of aryl methyl sites for hydroxylation is 1. The summed E-state index contributed by atoms with van der Waals surface area (Å²) in [5.74, 6) is -0.141.